The number of para-hydroxylation sites is 2. The van der Waals surface area contributed by atoms with Crippen LogP contribution in [0.4, 0.5) is 0 Å². The van der Waals surface area contributed by atoms with Crippen LogP contribution in [0, 0.1) is 5.41 Å². The number of unbranched alkanes of at least 4 members (excludes halogenated alkanes) is 9. The highest BCUT2D eigenvalue weighted by atomic mass is 16.3. The summed E-state index contributed by atoms with van der Waals surface area (Å²) < 4.78 is 0. The summed E-state index contributed by atoms with van der Waals surface area (Å²) in [7, 11) is 0. The molecule has 0 saturated carbocycles. The molecule has 0 spiro atoms. The minimum absolute atomic E-state index is 0.0142. The van der Waals surface area contributed by atoms with Crippen LogP contribution in [0.3, 0.4) is 0 Å². The molecule has 10 nitrogen and oxygen atoms in total. The van der Waals surface area contributed by atoms with Crippen molar-refractivity contribution in [1.82, 2.24) is 21.7 Å². The van der Waals surface area contributed by atoms with Crippen molar-refractivity contribution in [3.05, 3.63) is 58.7 Å². The number of aryl methyl sites for hydroxylation is 2. The van der Waals surface area contributed by atoms with Gasteiger partial charge in [0.1, 0.15) is 16.9 Å². The van der Waals surface area contributed by atoms with E-state index >= 15 is 0 Å². The van der Waals surface area contributed by atoms with Crippen LogP contribution in [0.15, 0.2) is 36.4 Å². The highest BCUT2D eigenvalue weighted by Crippen LogP contribution is 2.28. The van der Waals surface area contributed by atoms with Gasteiger partial charge in [0.05, 0.1) is 11.1 Å². The summed E-state index contributed by atoms with van der Waals surface area (Å²) in [5, 5.41) is 21.4. The van der Waals surface area contributed by atoms with Crippen LogP contribution in [-0.4, -0.2) is 33.8 Å². The molecule has 6 N–H and O–H groups in total. The molecule has 46 heavy (non-hydrogen) atoms. The molecule has 10 heteroatoms. The van der Waals surface area contributed by atoms with Gasteiger partial charge >= 0.3 is 0 Å². The molecule has 4 amide bonds. The summed E-state index contributed by atoms with van der Waals surface area (Å²) in [4.78, 5) is 52.9. The lowest BCUT2D eigenvalue weighted by molar-refractivity contribution is -0.144. The molecule has 254 valence electrons. The highest BCUT2D eigenvalue weighted by molar-refractivity contribution is 6.07. The van der Waals surface area contributed by atoms with E-state index in [0.717, 1.165) is 70.6 Å². The molecule has 0 aliphatic heterocycles. The molecule has 0 unspecified atom stereocenters. The predicted octanol–water partition coefficient (Wildman–Crippen LogP) is 6.54. The van der Waals surface area contributed by atoms with Gasteiger partial charge in [-0.3, -0.25) is 40.9 Å². The van der Waals surface area contributed by atoms with Gasteiger partial charge in [0, 0.05) is 0 Å². The molecule has 0 aliphatic rings. The van der Waals surface area contributed by atoms with Gasteiger partial charge in [-0.2, -0.15) is 0 Å². The van der Waals surface area contributed by atoms with E-state index in [2.05, 4.69) is 42.5 Å². The molecule has 0 saturated heterocycles. The smallest absolute Gasteiger partial charge is 0.273 e. The molecule has 2 rings (SSSR count). The van der Waals surface area contributed by atoms with E-state index in [1.165, 1.54) is 19.1 Å². The van der Waals surface area contributed by atoms with E-state index in [1.54, 1.807) is 24.3 Å². The summed E-state index contributed by atoms with van der Waals surface area (Å²) >= 11 is 0. The molecular formula is C36H54N4O6. The quantitative estimate of drug-likeness (QED) is 0.0583. The van der Waals surface area contributed by atoms with Gasteiger partial charge in [-0.25, -0.2) is 0 Å². The molecule has 0 heterocycles. The largest absolute Gasteiger partial charge is 0.507 e. The van der Waals surface area contributed by atoms with Crippen LogP contribution in [0.1, 0.15) is 143 Å². The third-order valence-electron chi connectivity index (χ3n) is 8.44. The Bertz CT molecular complexity index is 1210. The molecule has 2 aromatic carbocycles. The maximum Gasteiger partial charge on any atom is 0.273 e. The van der Waals surface area contributed by atoms with Gasteiger partial charge in [0.2, 0.25) is 0 Å². The number of hydrogen-bond donors (Lipinski definition) is 6. The van der Waals surface area contributed by atoms with Crippen LogP contribution < -0.4 is 21.7 Å². The van der Waals surface area contributed by atoms with Gasteiger partial charge in [0.25, 0.3) is 23.6 Å². The summed E-state index contributed by atoms with van der Waals surface area (Å²) in [5.74, 6) is -3.24. The Labute approximate surface area is 274 Å². The van der Waals surface area contributed by atoms with E-state index in [0.29, 0.717) is 30.4 Å². The number of hydrazine groups is 2. The zero-order valence-electron chi connectivity index (χ0n) is 28.1. The minimum Gasteiger partial charge on any atom is -0.507 e. The lowest BCUT2D eigenvalue weighted by Gasteiger charge is -2.27. The van der Waals surface area contributed by atoms with Gasteiger partial charge in [-0.05, 0) is 62.3 Å². The summed E-state index contributed by atoms with van der Waals surface area (Å²) in [5.41, 5.74) is 9.07. The number of phenolic OH excluding ortho intramolecular Hbond substituents is 2. The Kier molecular flexibility index (Phi) is 16.7. The summed E-state index contributed by atoms with van der Waals surface area (Å²) in [6, 6.07) is 9.81. The van der Waals surface area contributed by atoms with Crippen molar-refractivity contribution >= 4 is 23.6 Å². The fourth-order valence-corrected chi connectivity index (χ4v) is 5.31. The second kappa shape index (κ2) is 20.1. The van der Waals surface area contributed by atoms with Crippen LogP contribution >= 0.6 is 0 Å². The van der Waals surface area contributed by atoms with E-state index in [9.17, 15) is 29.4 Å². The average molecular weight is 639 g/mol. The standard InChI is InChI=1S/C36H54N4O6/c1-5-8-11-12-13-16-25-36(4,34(45)39-37-32(43)28-23-17-21-26(30(28)41)19-14-9-6-2)35(46)40-38-33(44)29-24-18-22-27(31(29)42)20-15-10-7-3/h17-18,21-24,41-42H,5-16,19-20,25H2,1-4H3,(H,37,43)(H,38,44)(H,39,45)(H,40,46). The van der Waals surface area contributed by atoms with Crippen LogP contribution in [0.5, 0.6) is 11.5 Å². The lowest BCUT2D eigenvalue weighted by Crippen LogP contribution is -2.57. The fraction of sp³-hybridized carbons (Fsp3) is 0.556. The van der Waals surface area contributed by atoms with Gasteiger partial charge in [-0.1, -0.05) is 109 Å². The molecular weight excluding hydrogens is 584 g/mol. The monoisotopic (exact) mass is 638 g/mol. The molecule has 0 fully saturated rings. The molecule has 0 atom stereocenters. The Morgan fingerprint density at radius 2 is 0.957 bits per heavy atom. The van der Waals surface area contributed by atoms with E-state index in [-0.39, 0.29) is 29.0 Å². The Morgan fingerprint density at radius 3 is 1.39 bits per heavy atom. The second-order valence-corrected chi connectivity index (χ2v) is 12.2. The Morgan fingerprint density at radius 1 is 0.565 bits per heavy atom. The number of rotatable bonds is 19. The Hall–Kier alpha value is -4.08. The number of aromatic hydroxyl groups is 2. The first-order valence-electron chi connectivity index (χ1n) is 16.9. The fourth-order valence-electron chi connectivity index (χ4n) is 5.31. The van der Waals surface area contributed by atoms with Crippen LogP contribution in [0.25, 0.3) is 0 Å². The van der Waals surface area contributed by atoms with Crippen molar-refractivity contribution in [2.24, 2.45) is 5.41 Å². The first-order valence-corrected chi connectivity index (χ1v) is 16.9. The average Bonchev–Trinajstić information content (AvgIpc) is 3.05. The number of phenols is 2. The zero-order valence-corrected chi connectivity index (χ0v) is 28.1. The van der Waals surface area contributed by atoms with Gasteiger partial charge < -0.3 is 10.2 Å². The third kappa shape index (κ3) is 11.4. The molecule has 0 aromatic heterocycles. The van der Waals surface area contributed by atoms with E-state index < -0.39 is 29.0 Å². The highest BCUT2D eigenvalue weighted by Gasteiger charge is 2.41. The van der Waals surface area contributed by atoms with Crippen LogP contribution in [0.2, 0.25) is 0 Å². The van der Waals surface area contributed by atoms with Crippen molar-refractivity contribution in [1.29, 1.82) is 0 Å². The third-order valence-corrected chi connectivity index (χ3v) is 8.44. The van der Waals surface area contributed by atoms with E-state index in [1.807, 2.05) is 0 Å². The zero-order chi connectivity index (χ0) is 34.0. The number of nitrogens with one attached hydrogen (secondary N) is 4. The minimum atomic E-state index is -1.65. The molecule has 2 aromatic rings. The first kappa shape index (κ1) is 38.1. The lowest BCUT2D eigenvalue weighted by atomic mass is 9.82. The molecule has 0 bridgehead atoms. The van der Waals surface area contributed by atoms with Crippen LogP contribution in [-0.2, 0) is 22.4 Å². The van der Waals surface area contributed by atoms with Crippen molar-refractivity contribution in [3.63, 3.8) is 0 Å². The summed E-state index contributed by atoms with van der Waals surface area (Å²) in [6.07, 6.45) is 12.8. The number of benzene rings is 2. The first-order chi connectivity index (χ1) is 22.1. The summed E-state index contributed by atoms with van der Waals surface area (Å²) in [6.45, 7) is 7.75. The van der Waals surface area contributed by atoms with Gasteiger partial charge in [0.15, 0.2) is 0 Å². The number of amides is 4. The predicted molar refractivity (Wildman–Crippen MR) is 180 cm³/mol. The SMILES string of the molecule is CCCCCCCCC(C)(C(=O)NNC(=O)c1cccc(CCCCC)c1O)C(=O)NNC(=O)c1cccc(CCCCC)c1O. The topological polar surface area (TPSA) is 157 Å². The van der Waals surface area contributed by atoms with E-state index in [4.69, 9.17) is 0 Å². The van der Waals surface area contributed by atoms with Crippen molar-refractivity contribution in [2.45, 2.75) is 124 Å². The maximum absolute atomic E-state index is 13.5. The number of carbonyl (C=O) groups excluding carboxylic acids is 4. The van der Waals surface area contributed by atoms with Crippen molar-refractivity contribution in [2.75, 3.05) is 0 Å². The normalized spacial score (nSPS) is 11.1. The molecule has 0 aliphatic carbocycles. The van der Waals surface area contributed by atoms with Gasteiger partial charge in [-0.15, -0.1) is 0 Å². The van der Waals surface area contributed by atoms with Crippen molar-refractivity contribution < 1.29 is 29.4 Å². The maximum atomic E-state index is 13.5. The van der Waals surface area contributed by atoms with Crippen molar-refractivity contribution in [3.8, 4) is 11.5 Å². The Balaban J connectivity index is 2.13. The number of hydrogen-bond acceptors (Lipinski definition) is 6. The number of carbonyl (C=O) groups is 4. The molecule has 0 radical (unpaired) electrons. The second-order valence-electron chi connectivity index (χ2n) is 12.2.